The van der Waals surface area contributed by atoms with Gasteiger partial charge in [-0.25, -0.2) is 0 Å². The van der Waals surface area contributed by atoms with Crippen LogP contribution < -0.4 is 5.32 Å². The standard InChI is InChI=1S/C13H23N3O/c1-12-5-4-6-15-13(12)11-16(2)9-7-14-8-10-17-3/h4-6,14H,7-11H2,1-3H3. The van der Waals surface area contributed by atoms with E-state index >= 15 is 0 Å². The lowest BCUT2D eigenvalue weighted by Gasteiger charge is -2.17. The Kier molecular flexibility index (Phi) is 6.77. The summed E-state index contributed by atoms with van der Waals surface area (Å²) in [5.41, 5.74) is 2.42. The molecule has 96 valence electrons. The highest BCUT2D eigenvalue weighted by Crippen LogP contribution is 2.05. The summed E-state index contributed by atoms with van der Waals surface area (Å²) >= 11 is 0. The van der Waals surface area contributed by atoms with E-state index in [9.17, 15) is 0 Å². The minimum Gasteiger partial charge on any atom is -0.383 e. The lowest BCUT2D eigenvalue weighted by Crippen LogP contribution is -2.31. The Balaban J connectivity index is 2.21. The van der Waals surface area contributed by atoms with Crippen molar-refractivity contribution in [1.29, 1.82) is 0 Å². The highest BCUT2D eigenvalue weighted by molar-refractivity contribution is 5.17. The van der Waals surface area contributed by atoms with E-state index in [1.165, 1.54) is 5.56 Å². The molecule has 1 aromatic rings. The number of nitrogens with one attached hydrogen (secondary N) is 1. The molecule has 0 aliphatic rings. The Bertz CT molecular complexity index is 317. The fraction of sp³-hybridized carbons (Fsp3) is 0.615. The quantitative estimate of drug-likeness (QED) is 0.686. The van der Waals surface area contributed by atoms with E-state index in [1.807, 2.05) is 12.3 Å². The van der Waals surface area contributed by atoms with Crippen molar-refractivity contribution >= 4 is 0 Å². The van der Waals surface area contributed by atoms with E-state index in [4.69, 9.17) is 4.74 Å². The summed E-state index contributed by atoms with van der Waals surface area (Å²) in [6.07, 6.45) is 1.85. The van der Waals surface area contributed by atoms with Crippen molar-refractivity contribution in [2.75, 3.05) is 40.4 Å². The second-order valence-corrected chi connectivity index (χ2v) is 4.25. The summed E-state index contributed by atoms with van der Waals surface area (Å²) < 4.78 is 4.97. The average molecular weight is 237 g/mol. The van der Waals surface area contributed by atoms with Gasteiger partial charge >= 0.3 is 0 Å². The molecule has 1 aromatic heterocycles. The van der Waals surface area contributed by atoms with Crippen LogP contribution in [0.3, 0.4) is 0 Å². The van der Waals surface area contributed by atoms with Crippen molar-refractivity contribution in [2.24, 2.45) is 0 Å². The summed E-state index contributed by atoms with van der Waals surface area (Å²) in [6, 6.07) is 4.08. The first kappa shape index (κ1) is 14.1. The minimum atomic E-state index is 0.767. The van der Waals surface area contributed by atoms with Gasteiger partial charge in [-0.05, 0) is 25.6 Å². The predicted molar refractivity (Wildman–Crippen MR) is 70.1 cm³/mol. The van der Waals surface area contributed by atoms with Crippen molar-refractivity contribution in [1.82, 2.24) is 15.2 Å². The Morgan fingerprint density at radius 1 is 1.41 bits per heavy atom. The molecule has 1 rings (SSSR count). The van der Waals surface area contributed by atoms with E-state index < -0.39 is 0 Å². The summed E-state index contributed by atoms with van der Waals surface area (Å²) in [5.74, 6) is 0. The number of pyridine rings is 1. The van der Waals surface area contributed by atoms with Crippen LogP contribution in [0.1, 0.15) is 11.3 Å². The molecule has 4 nitrogen and oxygen atoms in total. The normalized spacial score (nSPS) is 11.1. The van der Waals surface area contributed by atoms with Gasteiger partial charge in [-0.2, -0.15) is 0 Å². The van der Waals surface area contributed by atoms with Crippen LogP contribution in [0.25, 0.3) is 0 Å². The Morgan fingerprint density at radius 3 is 2.94 bits per heavy atom. The third-order valence-corrected chi connectivity index (χ3v) is 2.69. The van der Waals surface area contributed by atoms with E-state index in [2.05, 4.69) is 35.2 Å². The van der Waals surface area contributed by atoms with Gasteiger partial charge < -0.3 is 10.1 Å². The third kappa shape index (κ3) is 5.77. The molecule has 0 atom stereocenters. The van der Waals surface area contributed by atoms with Crippen LogP contribution >= 0.6 is 0 Å². The van der Waals surface area contributed by atoms with Crippen LogP contribution in [0.5, 0.6) is 0 Å². The largest absolute Gasteiger partial charge is 0.383 e. The smallest absolute Gasteiger partial charge is 0.0587 e. The van der Waals surface area contributed by atoms with Gasteiger partial charge in [-0.3, -0.25) is 9.88 Å². The maximum atomic E-state index is 4.97. The lowest BCUT2D eigenvalue weighted by molar-refractivity contribution is 0.197. The fourth-order valence-electron chi connectivity index (χ4n) is 1.59. The van der Waals surface area contributed by atoms with E-state index in [0.29, 0.717) is 0 Å². The minimum absolute atomic E-state index is 0.767. The van der Waals surface area contributed by atoms with Gasteiger partial charge in [0.15, 0.2) is 0 Å². The Morgan fingerprint density at radius 2 is 2.24 bits per heavy atom. The van der Waals surface area contributed by atoms with Crippen molar-refractivity contribution in [3.05, 3.63) is 29.6 Å². The van der Waals surface area contributed by atoms with Gasteiger partial charge in [0.1, 0.15) is 0 Å². The molecule has 0 amide bonds. The maximum absolute atomic E-state index is 4.97. The molecule has 0 bridgehead atoms. The molecule has 17 heavy (non-hydrogen) atoms. The first-order valence-corrected chi connectivity index (χ1v) is 6.02. The highest BCUT2D eigenvalue weighted by atomic mass is 16.5. The van der Waals surface area contributed by atoms with E-state index in [-0.39, 0.29) is 0 Å². The zero-order chi connectivity index (χ0) is 12.5. The van der Waals surface area contributed by atoms with E-state index in [1.54, 1.807) is 7.11 Å². The number of rotatable bonds is 8. The van der Waals surface area contributed by atoms with Crippen LogP contribution in [0, 0.1) is 6.92 Å². The molecule has 4 heteroatoms. The Hall–Kier alpha value is -0.970. The van der Waals surface area contributed by atoms with E-state index in [0.717, 1.165) is 38.5 Å². The number of ether oxygens (including phenoxy) is 1. The van der Waals surface area contributed by atoms with Crippen molar-refractivity contribution in [2.45, 2.75) is 13.5 Å². The molecule has 0 aromatic carbocycles. The molecule has 0 saturated heterocycles. The van der Waals surface area contributed by atoms with Crippen LogP contribution in [0.2, 0.25) is 0 Å². The fourth-order valence-corrected chi connectivity index (χ4v) is 1.59. The molecule has 1 heterocycles. The second kappa shape index (κ2) is 8.17. The van der Waals surface area contributed by atoms with Crippen molar-refractivity contribution in [3.8, 4) is 0 Å². The average Bonchev–Trinajstić information content (AvgIpc) is 2.32. The summed E-state index contributed by atoms with van der Waals surface area (Å²) in [4.78, 5) is 6.67. The molecule has 0 aliphatic carbocycles. The first-order chi connectivity index (χ1) is 8.24. The number of hydrogen-bond acceptors (Lipinski definition) is 4. The maximum Gasteiger partial charge on any atom is 0.0587 e. The summed E-state index contributed by atoms with van der Waals surface area (Å²) in [7, 11) is 3.84. The third-order valence-electron chi connectivity index (χ3n) is 2.69. The summed E-state index contributed by atoms with van der Waals surface area (Å²) in [5, 5.41) is 3.33. The van der Waals surface area contributed by atoms with Gasteiger partial charge in [-0.1, -0.05) is 6.07 Å². The SMILES string of the molecule is COCCNCCN(C)Cc1ncccc1C. The number of aryl methyl sites for hydroxylation is 1. The second-order valence-electron chi connectivity index (χ2n) is 4.25. The number of hydrogen-bond donors (Lipinski definition) is 1. The molecule has 1 N–H and O–H groups in total. The van der Waals surface area contributed by atoms with Gasteiger partial charge in [-0.15, -0.1) is 0 Å². The van der Waals surface area contributed by atoms with Gasteiger partial charge in [0.05, 0.1) is 12.3 Å². The first-order valence-electron chi connectivity index (χ1n) is 6.02. The topological polar surface area (TPSA) is 37.4 Å². The van der Waals surface area contributed by atoms with Crippen LogP contribution in [-0.4, -0.2) is 50.3 Å². The zero-order valence-electron chi connectivity index (χ0n) is 11.1. The molecule has 0 spiro atoms. The van der Waals surface area contributed by atoms with Crippen LogP contribution in [-0.2, 0) is 11.3 Å². The summed E-state index contributed by atoms with van der Waals surface area (Å²) in [6.45, 7) is 6.67. The lowest BCUT2D eigenvalue weighted by atomic mass is 10.2. The molecule has 0 fully saturated rings. The zero-order valence-corrected chi connectivity index (χ0v) is 11.1. The molecule has 0 unspecified atom stereocenters. The van der Waals surface area contributed by atoms with Gasteiger partial charge in [0.25, 0.3) is 0 Å². The van der Waals surface area contributed by atoms with Crippen molar-refractivity contribution in [3.63, 3.8) is 0 Å². The monoisotopic (exact) mass is 237 g/mol. The van der Waals surface area contributed by atoms with Gasteiger partial charge in [0.2, 0.25) is 0 Å². The van der Waals surface area contributed by atoms with Crippen molar-refractivity contribution < 1.29 is 4.74 Å². The Labute approximate surface area is 104 Å². The molecular formula is C13H23N3O. The molecule has 0 aliphatic heterocycles. The van der Waals surface area contributed by atoms with Gasteiger partial charge in [0, 0.05) is 39.5 Å². The number of methoxy groups -OCH3 is 1. The molecule has 0 saturated carbocycles. The van der Waals surface area contributed by atoms with Crippen LogP contribution in [0.4, 0.5) is 0 Å². The molecule has 0 radical (unpaired) electrons. The highest BCUT2D eigenvalue weighted by Gasteiger charge is 2.03. The predicted octanol–water partition coefficient (Wildman–Crippen LogP) is 1.06. The van der Waals surface area contributed by atoms with Crippen LogP contribution in [0.15, 0.2) is 18.3 Å². The molecular weight excluding hydrogens is 214 g/mol. The number of nitrogens with zero attached hydrogens (tertiary/aromatic N) is 2. The number of aromatic nitrogens is 1. The number of likely N-dealkylation sites (N-methyl/N-ethyl adjacent to an activating group) is 1.